The molecule has 1 saturated heterocycles. The van der Waals surface area contributed by atoms with Gasteiger partial charge in [-0.05, 0) is 35.2 Å². The standard InChI is InChI=1S/C27H30N2O3S/c1-28(2)24-15-13-21(14-16-24)19-29(25-17-18-33(31,32)20-25)27(30)26(22-9-5-3-6-10-22)23-11-7-4-8-12-23/h3-16,25-26H,17-20H2,1-2H3. The Kier molecular flexibility index (Phi) is 6.84. The summed E-state index contributed by atoms with van der Waals surface area (Å²) in [7, 11) is 0.830. The quantitative estimate of drug-likeness (QED) is 0.531. The summed E-state index contributed by atoms with van der Waals surface area (Å²) in [6.45, 7) is 0.378. The summed E-state index contributed by atoms with van der Waals surface area (Å²) < 4.78 is 24.6. The maximum absolute atomic E-state index is 14.1. The zero-order valence-electron chi connectivity index (χ0n) is 19.1. The third-order valence-corrected chi connectivity index (χ3v) is 8.00. The highest BCUT2D eigenvalue weighted by Gasteiger charge is 2.38. The Hall–Kier alpha value is -3.12. The van der Waals surface area contributed by atoms with Crippen LogP contribution in [0.15, 0.2) is 84.9 Å². The van der Waals surface area contributed by atoms with Crippen molar-refractivity contribution in [3.8, 4) is 0 Å². The Labute approximate surface area is 196 Å². The Morgan fingerprint density at radius 1 is 0.879 bits per heavy atom. The average Bonchev–Trinajstić information content (AvgIpc) is 3.18. The minimum Gasteiger partial charge on any atom is -0.378 e. The molecule has 0 aromatic heterocycles. The Morgan fingerprint density at radius 2 is 1.42 bits per heavy atom. The molecule has 0 spiro atoms. The predicted molar refractivity (Wildman–Crippen MR) is 133 cm³/mol. The summed E-state index contributed by atoms with van der Waals surface area (Å²) in [6, 6.07) is 27.2. The first-order valence-electron chi connectivity index (χ1n) is 11.2. The fourth-order valence-corrected chi connectivity index (χ4v) is 6.17. The van der Waals surface area contributed by atoms with E-state index in [2.05, 4.69) is 0 Å². The van der Waals surface area contributed by atoms with Gasteiger partial charge in [0.15, 0.2) is 9.84 Å². The smallest absolute Gasteiger partial charge is 0.235 e. The maximum atomic E-state index is 14.1. The molecule has 1 heterocycles. The topological polar surface area (TPSA) is 57.7 Å². The molecule has 0 radical (unpaired) electrons. The van der Waals surface area contributed by atoms with Crippen LogP contribution in [0.1, 0.15) is 29.0 Å². The van der Waals surface area contributed by atoms with Crippen LogP contribution in [0.5, 0.6) is 0 Å². The van der Waals surface area contributed by atoms with Crippen molar-refractivity contribution >= 4 is 21.4 Å². The van der Waals surface area contributed by atoms with Crippen LogP contribution in [0, 0.1) is 0 Å². The number of amides is 1. The molecule has 1 aliphatic heterocycles. The first kappa shape index (κ1) is 23.1. The van der Waals surface area contributed by atoms with Crippen LogP contribution in [-0.4, -0.2) is 50.9 Å². The zero-order chi connectivity index (χ0) is 23.4. The number of carbonyl (C=O) groups is 1. The molecule has 0 N–H and O–H groups in total. The summed E-state index contributed by atoms with van der Waals surface area (Å²) in [5.74, 6) is -0.407. The molecule has 4 rings (SSSR count). The number of carbonyl (C=O) groups excluding carboxylic acids is 1. The van der Waals surface area contributed by atoms with E-state index in [1.165, 1.54) is 0 Å². The number of nitrogens with zero attached hydrogens (tertiary/aromatic N) is 2. The van der Waals surface area contributed by atoms with Crippen molar-refractivity contribution in [3.63, 3.8) is 0 Å². The molecule has 1 amide bonds. The van der Waals surface area contributed by atoms with Gasteiger partial charge in [-0.3, -0.25) is 4.79 Å². The Bertz CT molecular complexity index is 1140. The van der Waals surface area contributed by atoms with E-state index in [1.54, 1.807) is 4.90 Å². The van der Waals surface area contributed by atoms with Crippen molar-refractivity contribution in [1.29, 1.82) is 0 Å². The van der Waals surface area contributed by atoms with Crippen LogP contribution >= 0.6 is 0 Å². The number of hydrogen-bond donors (Lipinski definition) is 0. The number of hydrogen-bond acceptors (Lipinski definition) is 4. The second-order valence-electron chi connectivity index (χ2n) is 8.84. The SMILES string of the molecule is CN(C)c1ccc(CN(C(=O)C(c2ccccc2)c2ccccc2)C2CCS(=O)(=O)C2)cc1. The van der Waals surface area contributed by atoms with Gasteiger partial charge in [-0.2, -0.15) is 0 Å². The van der Waals surface area contributed by atoms with Crippen LogP contribution in [0.25, 0.3) is 0 Å². The van der Waals surface area contributed by atoms with Gasteiger partial charge in [0.1, 0.15) is 0 Å². The van der Waals surface area contributed by atoms with E-state index >= 15 is 0 Å². The molecule has 5 nitrogen and oxygen atoms in total. The van der Waals surface area contributed by atoms with Gasteiger partial charge in [0, 0.05) is 32.4 Å². The number of anilines is 1. The molecule has 1 fully saturated rings. The first-order valence-corrected chi connectivity index (χ1v) is 13.0. The summed E-state index contributed by atoms with van der Waals surface area (Å²) in [4.78, 5) is 18.0. The molecule has 0 saturated carbocycles. The second-order valence-corrected chi connectivity index (χ2v) is 11.1. The van der Waals surface area contributed by atoms with Gasteiger partial charge >= 0.3 is 0 Å². The van der Waals surface area contributed by atoms with E-state index in [1.807, 2.05) is 104 Å². The Balaban J connectivity index is 1.72. The van der Waals surface area contributed by atoms with Crippen LogP contribution in [0.2, 0.25) is 0 Å². The molecular formula is C27H30N2O3S. The minimum absolute atomic E-state index is 0.0187. The molecule has 6 heteroatoms. The first-order chi connectivity index (χ1) is 15.8. The molecule has 1 unspecified atom stereocenters. The monoisotopic (exact) mass is 462 g/mol. The van der Waals surface area contributed by atoms with E-state index in [4.69, 9.17) is 0 Å². The molecule has 0 bridgehead atoms. The van der Waals surface area contributed by atoms with Gasteiger partial charge in [-0.25, -0.2) is 8.42 Å². The lowest BCUT2D eigenvalue weighted by molar-refractivity contribution is -0.134. The van der Waals surface area contributed by atoms with Crippen LogP contribution in [0.3, 0.4) is 0 Å². The number of sulfone groups is 1. The molecule has 33 heavy (non-hydrogen) atoms. The number of benzene rings is 3. The number of rotatable bonds is 7. The van der Waals surface area contributed by atoms with Crippen LogP contribution < -0.4 is 4.90 Å². The van der Waals surface area contributed by atoms with E-state index in [0.29, 0.717) is 13.0 Å². The highest BCUT2D eigenvalue weighted by molar-refractivity contribution is 7.91. The van der Waals surface area contributed by atoms with E-state index in [-0.39, 0.29) is 23.5 Å². The lowest BCUT2D eigenvalue weighted by Gasteiger charge is -2.32. The van der Waals surface area contributed by atoms with Crippen molar-refractivity contribution in [2.45, 2.75) is 24.9 Å². The van der Waals surface area contributed by atoms with Crippen molar-refractivity contribution in [3.05, 3.63) is 102 Å². The van der Waals surface area contributed by atoms with E-state index in [0.717, 1.165) is 22.4 Å². The molecule has 1 atom stereocenters. The maximum Gasteiger partial charge on any atom is 0.235 e. The molecule has 3 aromatic carbocycles. The fraction of sp³-hybridized carbons (Fsp3) is 0.296. The van der Waals surface area contributed by atoms with Crippen LogP contribution in [0.4, 0.5) is 5.69 Å². The highest BCUT2D eigenvalue weighted by atomic mass is 32.2. The second kappa shape index (κ2) is 9.79. The summed E-state index contributed by atoms with van der Waals surface area (Å²) in [6.07, 6.45) is 0.472. The van der Waals surface area contributed by atoms with Crippen LogP contribution in [-0.2, 0) is 21.2 Å². The summed E-state index contributed by atoms with van der Waals surface area (Å²) in [5.41, 5.74) is 3.87. The summed E-state index contributed by atoms with van der Waals surface area (Å²) >= 11 is 0. The largest absolute Gasteiger partial charge is 0.378 e. The van der Waals surface area contributed by atoms with Crippen molar-refractivity contribution in [2.24, 2.45) is 0 Å². The van der Waals surface area contributed by atoms with Gasteiger partial charge in [0.25, 0.3) is 0 Å². The lowest BCUT2D eigenvalue weighted by atomic mass is 9.89. The summed E-state index contributed by atoms with van der Waals surface area (Å²) in [5, 5.41) is 0. The predicted octanol–water partition coefficient (Wildman–Crippen LogP) is 4.10. The van der Waals surface area contributed by atoms with Gasteiger partial charge in [-0.1, -0.05) is 72.8 Å². The zero-order valence-corrected chi connectivity index (χ0v) is 19.9. The van der Waals surface area contributed by atoms with Gasteiger partial charge in [0.2, 0.25) is 5.91 Å². The van der Waals surface area contributed by atoms with Gasteiger partial charge in [-0.15, -0.1) is 0 Å². The van der Waals surface area contributed by atoms with Crippen molar-refractivity contribution in [2.75, 3.05) is 30.5 Å². The third kappa shape index (κ3) is 5.45. The fourth-order valence-electron chi connectivity index (χ4n) is 4.44. The minimum atomic E-state index is -3.14. The lowest BCUT2D eigenvalue weighted by Crippen LogP contribution is -2.43. The Morgan fingerprint density at radius 3 is 1.88 bits per heavy atom. The molecule has 0 aliphatic carbocycles. The normalized spacial score (nSPS) is 17.1. The molecule has 3 aromatic rings. The van der Waals surface area contributed by atoms with Crippen molar-refractivity contribution < 1.29 is 13.2 Å². The highest BCUT2D eigenvalue weighted by Crippen LogP contribution is 2.31. The molecule has 1 aliphatic rings. The molecule has 172 valence electrons. The van der Waals surface area contributed by atoms with E-state index < -0.39 is 15.8 Å². The van der Waals surface area contributed by atoms with Gasteiger partial charge < -0.3 is 9.80 Å². The van der Waals surface area contributed by atoms with Gasteiger partial charge in [0.05, 0.1) is 17.4 Å². The molecular weight excluding hydrogens is 432 g/mol. The third-order valence-electron chi connectivity index (χ3n) is 6.25. The average molecular weight is 463 g/mol. The van der Waals surface area contributed by atoms with E-state index in [9.17, 15) is 13.2 Å². The van der Waals surface area contributed by atoms with Crippen molar-refractivity contribution in [1.82, 2.24) is 4.90 Å².